The van der Waals surface area contributed by atoms with Crippen LogP contribution in [0.15, 0.2) is 35.8 Å². The molecule has 0 saturated heterocycles. The summed E-state index contributed by atoms with van der Waals surface area (Å²) in [6, 6.07) is 6.89. The van der Waals surface area contributed by atoms with Gasteiger partial charge in [-0.05, 0) is 11.5 Å². The van der Waals surface area contributed by atoms with Crippen molar-refractivity contribution in [1.82, 2.24) is 0 Å². The van der Waals surface area contributed by atoms with Gasteiger partial charge in [-0.1, -0.05) is 24.3 Å². The van der Waals surface area contributed by atoms with E-state index in [-0.39, 0.29) is 11.6 Å². The van der Waals surface area contributed by atoms with Crippen molar-refractivity contribution in [3.05, 3.63) is 46.9 Å². The molecule has 1 aromatic carbocycles. The van der Waals surface area contributed by atoms with Gasteiger partial charge in [0, 0.05) is 11.1 Å². The van der Waals surface area contributed by atoms with Gasteiger partial charge in [-0.3, -0.25) is 9.59 Å². The molecule has 0 saturated carbocycles. The smallest absolute Gasteiger partial charge is 0.186 e. The summed E-state index contributed by atoms with van der Waals surface area (Å²) in [5, 5.41) is 0. The number of carbonyl (C=O) groups is 2. The molecule has 0 atom stereocenters. The van der Waals surface area contributed by atoms with E-state index in [0.717, 1.165) is 0 Å². The van der Waals surface area contributed by atoms with Crippen LogP contribution >= 0.6 is 0 Å². The molecular formula is C10H7BO2. The Kier molecular flexibility index (Phi) is 1.66. The summed E-state index contributed by atoms with van der Waals surface area (Å²) in [5.74, 6) is -0.122. The van der Waals surface area contributed by atoms with Gasteiger partial charge >= 0.3 is 0 Å². The Morgan fingerprint density at radius 3 is 2.31 bits per heavy atom. The molecule has 0 radical (unpaired) electrons. The zero-order valence-corrected chi connectivity index (χ0v) is 7.20. The second kappa shape index (κ2) is 2.70. The molecule has 1 aliphatic carbocycles. The van der Waals surface area contributed by atoms with E-state index < -0.39 is 0 Å². The van der Waals surface area contributed by atoms with Crippen molar-refractivity contribution in [3.63, 3.8) is 0 Å². The van der Waals surface area contributed by atoms with E-state index in [9.17, 15) is 9.59 Å². The van der Waals surface area contributed by atoms with E-state index in [2.05, 4.69) is 0 Å². The van der Waals surface area contributed by atoms with E-state index >= 15 is 0 Å². The minimum Gasteiger partial charge on any atom is -0.290 e. The molecule has 13 heavy (non-hydrogen) atoms. The van der Waals surface area contributed by atoms with E-state index in [1.54, 1.807) is 32.1 Å². The average Bonchev–Trinajstić information content (AvgIpc) is 2.15. The summed E-state index contributed by atoms with van der Waals surface area (Å²) >= 11 is 0. The maximum atomic E-state index is 11.5. The van der Waals surface area contributed by atoms with Crippen LogP contribution in [0.5, 0.6) is 0 Å². The Labute approximate surface area is 76.7 Å². The topological polar surface area (TPSA) is 34.1 Å². The van der Waals surface area contributed by atoms with Crippen LogP contribution in [0.3, 0.4) is 0 Å². The molecule has 0 bridgehead atoms. The van der Waals surface area contributed by atoms with Crippen molar-refractivity contribution in [2.24, 2.45) is 0 Å². The van der Waals surface area contributed by atoms with Crippen molar-refractivity contribution in [2.45, 2.75) is 0 Å². The van der Waals surface area contributed by atoms with Crippen LogP contribution in [0, 0.1) is 0 Å². The van der Waals surface area contributed by atoms with Gasteiger partial charge in [0.05, 0.1) is 0 Å². The Hall–Kier alpha value is -1.64. The first-order valence-corrected chi connectivity index (χ1v) is 4.06. The number of hydrogen-bond donors (Lipinski definition) is 0. The molecule has 0 amide bonds. The monoisotopic (exact) mass is 170 g/mol. The largest absolute Gasteiger partial charge is 0.290 e. The van der Waals surface area contributed by atoms with Crippen LogP contribution in [0.2, 0.25) is 0 Å². The summed E-state index contributed by atoms with van der Waals surface area (Å²) in [4.78, 5) is 23.0. The molecule has 62 valence electrons. The Balaban J connectivity index is 2.69. The van der Waals surface area contributed by atoms with Gasteiger partial charge < -0.3 is 0 Å². The first-order valence-electron chi connectivity index (χ1n) is 4.06. The van der Waals surface area contributed by atoms with Gasteiger partial charge in [-0.2, -0.15) is 0 Å². The molecule has 0 unspecified atom stereocenters. The van der Waals surface area contributed by atoms with E-state index in [0.29, 0.717) is 16.6 Å². The van der Waals surface area contributed by atoms with Crippen LogP contribution < -0.4 is 0 Å². The van der Waals surface area contributed by atoms with Crippen molar-refractivity contribution in [1.29, 1.82) is 0 Å². The molecule has 1 aromatic rings. The second-order valence-corrected chi connectivity index (χ2v) is 3.07. The van der Waals surface area contributed by atoms with Crippen molar-refractivity contribution in [2.75, 3.05) is 0 Å². The fourth-order valence-electron chi connectivity index (χ4n) is 1.45. The Morgan fingerprint density at radius 2 is 1.62 bits per heavy atom. The normalized spacial score (nSPS) is 15.2. The number of hydrogen-bond acceptors (Lipinski definition) is 2. The lowest BCUT2D eigenvalue weighted by molar-refractivity contribution is 0.0990. The zero-order valence-electron chi connectivity index (χ0n) is 7.20. The SMILES string of the molecule is BC1=CC(=O)c2ccccc2C1=O. The van der Waals surface area contributed by atoms with Crippen LogP contribution in [0.4, 0.5) is 0 Å². The number of ketones is 2. The highest BCUT2D eigenvalue weighted by atomic mass is 16.1. The standard InChI is InChI=1S/C10H7BO2/c11-8-5-9(12)6-3-1-2-4-7(6)10(8)13/h1-5H,11H2. The minimum atomic E-state index is -0.0762. The van der Waals surface area contributed by atoms with E-state index in [1.165, 1.54) is 6.08 Å². The number of allylic oxidation sites excluding steroid dienone is 2. The third-order valence-corrected chi connectivity index (χ3v) is 2.14. The molecule has 2 nitrogen and oxygen atoms in total. The molecule has 0 fully saturated rings. The highest BCUT2D eigenvalue weighted by Crippen LogP contribution is 2.18. The summed E-state index contributed by atoms with van der Waals surface area (Å²) in [5.41, 5.74) is 1.55. The van der Waals surface area contributed by atoms with Gasteiger partial charge in [0.25, 0.3) is 0 Å². The third-order valence-electron chi connectivity index (χ3n) is 2.14. The van der Waals surface area contributed by atoms with Crippen molar-refractivity contribution in [3.8, 4) is 0 Å². The van der Waals surface area contributed by atoms with Crippen LogP contribution in [-0.2, 0) is 0 Å². The average molecular weight is 170 g/mol. The fraction of sp³-hybridized carbons (Fsp3) is 0. The van der Waals surface area contributed by atoms with Crippen molar-refractivity contribution >= 4 is 19.4 Å². The summed E-state index contributed by atoms with van der Waals surface area (Å²) < 4.78 is 0. The van der Waals surface area contributed by atoms with Crippen LogP contribution in [0.25, 0.3) is 0 Å². The van der Waals surface area contributed by atoms with E-state index in [1.807, 2.05) is 0 Å². The summed E-state index contributed by atoms with van der Waals surface area (Å²) in [6.45, 7) is 0. The molecule has 0 N–H and O–H groups in total. The summed E-state index contributed by atoms with van der Waals surface area (Å²) in [6.07, 6.45) is 1.39. The molecule has 1 aliphatic rings. The lowest BCUT2D eigenvalue weighted by atomic mass is 9.80. The van der Waals surface area contributed by atoms with Crippen molar-refractivity contribution < 1.29 is 9.59 Å². The quantitative estimate of drug-likeness (QED) is 0.533. The third kappa shape index (κ3) is 1.13. The van der Waals surface area contributed by atoms with Crippen LogP contribution in [0.1, 0.15) is 20.7 Å². The predicted octanol–water partition coefficient (Wildman–Crippen LogP) is 0.583. The number of benzene rings is 1. The number of fused-ring (bicyclic) bond motifs is 1. The zero-order chi connectivity index (χ0) is 9.42. The second-order valence-electron chi connectivity index (χ2n) is 3.07. The number of rotatable bonds is 0. The number of Topliss-reactive ketones (excluding diaryl/α,β-unsaturated/α-hetero) is 1. The number of carbonyl (C=O) groups excluding carboxylic acids is 2. The first-order chi connectivity index (χ1) is 6.20. The van der Waals surface area contributed by atoms with Gasteiger partial charge in [0.15, 0.2) is 11.6 Å². The lowest BCUT2D eigenvalue weighted by Crippen LogP contribution is -2.16. The Bertz CT molecular complexity index is 432. The molecule has 2 rings (SSSR count). The highest BCUT2D eigenvalue weighted by molar-refractivity contribution is 6.44. The molecule has 3 heteroatoms. The highest BCUT2D eigenvalue weighted by Gasteiger charge is 2.21. The summed E-state index contributed by atoms with van der Waals surface area (Å²) in [7, 11) is 1.66. The van der Waals surface area contributed by atoms with Gasteiger partial charge in [0.2, 0.25) is 0 Å². The lowest BCUT2D eigenvalue weighted by Gasteiger charge is -2.11. The van der Waals surface area contributed by atoms with Gasteiger partial charge in [0.1, 0.15) is 7.85 Å². The molecule has 0 spiro atoms. The first kappa shape index (κ1) is 7.99. The van der Waals surface area contributed by atoms with Gasteiger partial charge in [-0.25, -0.2) is 0 Å². The fourth-order valence-corrected chi connectivity index (χ4v) is 1.45. The molecule has 0 aliphatic heterocycles. The van der Waals surface area contributed by atoms with E-state index in [4.69, 9.17) is 0 Å². The molecule has 0 heterocycles. The molecular weight excluding hydrogens is 163 g/mol. The van der Waals surface area contributed by atoms with Crippen LogP contribution in [-0.4, -0.2) is 19.4 Å². The minimum absolute atomic E-state index is 0.0461. The predicted molar refractivity (Wildman–Crippen MR) is 51.7 cm³/mol. The van der Waals surface area contributed by atoms with Gasteiger partial charge in [-0.15, -0.1) is 0 Å². The Morgan fingerprint density at radius 1 is 1.00 bits per heavy atom. The maximum Gasteiger partial charge on any atom is 0.186 e. The maximum absolute atomic E-state index is 11.5. The molecule has 0 aromatic heterocycles.